The number of hydrogen-bond acceptors (Lipinski definition) is 7. The second-order valence-corrected chi connectivity index (χ2v) is 8.66. The molecular formula is C24H21FN6O5. The molecule has 1 saturated heterocycles. The molecular weight excluding hydrogens is 471 g/mol. The van der Waals surface area contributed by atoms with E-state index < -0.39 is 29.7 Å². The summed E-state index contributed by atoms with van der Waals surface area (Å²) in [5.74, 6) is -2.67. The first kappa shape index (κ1) is 23.1. The lowest BCUT2D eigenvalue weighted by atomic mass is 10.0. The van der Waals surface area contributed by atoms with Crippen LogP contribution >= 0.6 is 0 Å². The topological polar surface area (TPSA) is 147 Å². The number of piperidine rings is 1. The molecule has 3 N–H and O–H groups in total. The number of phenolic OH excluding ortho intramolecular Hbond substituents is 1. The lowest BCUT2D eigenvalue weighted by Crippen LogP contribution is -2.52. The maximum Gasteiger partial charge on any atom is 0.273 e. The average molecular weight is 492 g/mol. The molecule has 0 saturated carbocycles. The molecule has 2 unspecified atom stereocenters. The van der Waals surface area contributed by atoms with Crippen molar-refractivity contribution in [2.75, 3.05) is 0 Å². The molecule has 0 bridgehead atoms. The van der Waals surface area contributed by atoms with Gasteiger partial charge in [-0.1, -0.05) is 11.3 Å². The van der Waals surface area contributed by atoms with Gasteiger partial charge in [-0.3, -0.25) is 24.5 Å². The molecule has 3 aromatic rings. The van der Waals surface area contributed by atoms with Gasteiger partial charge in [-0.15, -0.1) is 5.10 Å². The highest BCUT2D eigenvalue weighted by Crippen LogP contribution is 2.29. The van der Waals surface area contributed by atoms with Gasteiger partial charge >= 0.3 is 0 Å². The van der Waals surface area contributed by atoms with Crippen molar-refractivity contribution in [3.05, 3.63) is 70.8 Å². The van der Waals surface area contributed by atoms with Gasteiger partial charge in [0.25, 0.3) is 11.8 Å². The fourth-order valence-electron chi connectivity index (χ4n) is 4.49. The van der Waals surface area contributed by atoms with E-state index in [1.165, 1.54) is 40.9 Å². The number of rotatable bonds is 5. The minimum atomic E-state index is -0.826. The molecule has 12 heteroatoms. The predicted octanol–water partition coefficient (Wildman–Crippen LogP) is 1.36. The van der Waals surface area contributed by atoms with Crippen LogP contribution in [0.2, 0.25) is 0 Å². The van der Waals surface area contributed by atoms with Crippen molar-refractivity contribution in [2.24, 2.45) is 0 Å². The molecule has 36 heavy (non-hydrogen) atoms. The molecule has 0 aliphatic carbocycles. The van der Waals surface area contributed by atoms with Crippen LogP contribution in [0.1, 0.15) is 57.8 Å². The summed E-state index contributed by atoms with van der Waals surface area (Å²) in [7, 11) is 0. The third kappa shape index (κ3) is 4.06. The first-order valence-electron chi connectivity index (χ1n) is 11.2. The maximum atomic E-state index is 14.1. The lowest BCUT2D eigenvalue weighted by molar-refractivity contribution is -0.136. The van der Waals surface area contributed by atoms with Gasteiger partial charge in [-0.2, -0.15) is 0 Å². The number of benzene rings is 2. The molecule has 0 radical (unpaired) electrons. The molecule has 1 fully saturated rings. The van der Waals surface area contributed by atoms with Crippen molar-refractivity contribution in [2.45, 2.75) is 38.4 Å². The molecule has 11 nitrogen and oxygen atoms in total. The number of carbonyl (C=O) groups is 4. The van der Waals surface area contributed by atoms with Gasteiger partial charge in [0.05, 0.1) is 23.5 Å². The average Bonchev–Trinajstić information content (AvgIpc) is 3.44. The molecule has 184 valence electrons. The summed E-state index contributed by atoms with van der Waals surface area (Å²) in [6, 6.07) is 7.31. The van der Waals surface area contributed by atoms with Crippen LogP contribution in [0, 0.1) is 5.82 Å². The molecule has 2 atom stereocenters. The number of halogens is 1. The number of phenols is 1. The monoisotopic (exact) mass is 492 g/mol. The molecule has 1 aromatic heterocycles. The zero-order chi connectivity index (χ0) is 25.6. The number of nitrogens with zero attached hydrogens (tertiary/aromatic N) is 4. The Kier molecular flexibility index (Phi) is 5.71. The standard InChI is InChI=1S/C24H21FN6O5/c1-12(21-16(25)3-2-4-19(21)32)26-22(34)17-11-31(29-28-17)14-5-6-15-13(9-14)10-30(24(15)36)18-7-8-20(33)27-23(18)35/h2-6,9,11-12,18,32H,7-8,10H2,1H3,(H,26,34)(H,27,33,35). The lowest BCUT2D eigenvalue weighted by Gasteiger charge is -2.29. The fourth-order valence-corrected chi connectivity index (χ4v) is 4.49. The number of carbonyl (C=O) groups excluding carboxylic acids is 4. The number of fused-ring (bicyclic) bond motifs is 1. The Morgan fingerprint density at radius 3 is 2.81 bits per heavy atom. The van der Waals surface area contributed by atoms with Crippen LogP contribution in [0.5, 0.6) is 5.75 Å². The van der Waals surface area contributed by atoms with Crippen LogP contribution in [0.15, 0.2) is 42.6 Å². The number of aromatic nitrogens is 3. The highest BCUT2D eigenvalue weighted by atomic mass is 19.1. The summed E-state index contributed by atoms with van der Waals surface area (Å²) < 4.78 is 15.5. The minimum Gasteiger partial charge on any atom is -0.507 e. The number of nitrogens with one attached hydrogen (secondary N) is 2. The van der Waals surface area contributed by atoms with Crippen molar-refractivity contribution in [3.8, 4) is 11.4 Å². The Morgan fingerprint density at radius 1 is 1.25 bits per heavy atom. The van der Waals surface area contributed by atoms with Crippen LogP contribution in [0.4, 0.5) is 4.39 Å². The predicted molar refractivity (Wildman–Crippen MR) is 121 cm³/mol. The van der Waals surface area contributed by atoms with Gasteiger partial charge in [0.1, 0.15) is 17.6 Å². The summed E-state index contributed by atoms with van der Waals surface area (Å²) >= 11 is 0. The van der Waals surface area contributed by atoms with Gasteiger partial charge in [0.15, 0.2) is 5.69 Å². The van der Waals surface area contributed by atoms with Crippen molar-refractivity contribution in [1.29, 1.82) is 0 Å². The third-order valence-corrected chi connectivity index (χ3v) is 6.31. The second-order valence-electron chi connectivity index (χ2n) is 8.66. The number of amides is 4. The normalized spacial score (nSPS) is 18.1. The van der Waals surface area contributed by atoms with Gasteiger partial charge < -0.3 is 15.3 Å². The zero-order valence-corrected chi connectivity index (χ0v) is 19.1. The maximum absolute atomic E-state index is 14.1. The van der Waals surface area contributed by atoms with Gasteiger partial charge in [0, 0.05) is 18.5 Å². The van der Waals surface area contributed by atoms with E-state index in [4.69, 9.17) is 0 Å². The Labute approximate surface area is 203 Å². The quantitative estimate of drug-likeness (QED) is 0.456. The van der Waals surface area contributed by atoms with Gasteiger partial charge in [-0.05, 0) is 49.2 Å². The Hall–Kier alpha value is -4.61. The van der Waals surface area contributed by atoms with E-state index in [0.717, 1.165) is 0 Å². The van der Waals surface area contributed by atoms with Crippen LogP contribution in [-0.2, 0) is 16.1 Å². The van der Waals surface area contributed by atoms with Gasteiger partial charge in [-0.25, -0.2) is 9.07 Å². The van der Waals surface area contributed by atoms with Crippen molar-refractivity contribution in [1.82, 2.24) is 30.5 Å². The number of aromatic hydroxyl groups is 1. The first-order chi connectivity index (χ1) is 17.2. The Bertz CT molecular complexity index is 1400. The Morgan fingerprint density at radius 2 is 2.06 bits per heavy atom. The number of hydrogen-bond donors (Lipinski definition) is 3. The van der Waals surface area contributed by atoms with E-state index in [0.29, 0.717) is 16.8 Å². The summed E-state index contributed by atoms with van der Waals surface area (Å²) in [6.07, 6.45) is 1.82. The van der Waals surface area contributed by atoms with E-state index in [-0.39, 0.29) is 48.2 Å². The smallest absolute Gasteiger partial charge is 0.273 e. The molecule has 2 aliphatic rings. The first-order valence-corrected chi connectivity index (χ1v) is 11.2. The summed E-state index contributed by atoms with van der Waals surface area (Å²) in [4.78, 5) is 50.6. The van der Waals surface area contributed by atoms with Crippen LogP contribution < -0.4 is 10.6 Å². The second kappa shape index (κ2) is 8.87. The van der Waals surface area contributed by atoms with Crippen LogP contribution in [0.25, 0.3) is 5.69 Å². The van der Waals surface area contributed by atoms with E-state index in [1.807, 2.05) is 0 Å². The molecule has 4 amide bonds. The SMILES string of the molecule is CC(NC(=O)c1cn(-c2ccc3c(c2)CN(C2CCC(=O)NC2=O)C3=O)nn1)c1c(O)cccc1F. The van der Waals surface area contributed by atoms with Crippen molar-refractivity contribution < 1.29 is 28.7 Å². The molecule has 2 aromatic carbocycles. The van der Waals surface area contributed by atoms with Crippen molar-refractivity contribution >= 4 is 23.6 Å². The van der Waals surface area contributed by atoms with E-state index in [9.17, 15) is 28.7 Å². The van der Waals surface area contributed by atoms with Gasteiger partial charge in [0.2, 0.25) is 11.8 Å². The van der Waals surface area contributed by atoms with Crippen LogP contribution in [-0.4, -0.2) is 54.7 Å². The number of imide groups is 1. The Balaban J connectivity index is 1.31. The molecule has 0 spiro atoms. The summed E-state index contributed by atoms with van der Waals surface area (Å²) in [5, 5.41) is 22.6. The minimum absolute atomic E-state index is 0.0283. The highest BCUT2D eigenvalue weighted by molar-refractivity contribution is 6.05. The molecule has 3 heterocycles. The third-order valence-electron chi connectivity index (χ3n) is 6.31. The zero-order valence-electron chi connectivity index (χ0n) is 19.1. The largest absolute Gasteiger partial charge is 0.507 e. The molecule has 2 aliphatic heterocycles. The molecule has 5 rings (SSSR count). The van der Waals surface area contributed by atoms with E-state index in [2.05, 4.69) is 20.9 Å². The highest BCUT2D eigenvalue weighted by Gasteiger charge is 2.39. The van der Waals surface area contributed by atoms with Crippen molar-refractivity contribution in [3.63, 3.8) is 0 Å². The fraction of sp³-hybridized carbons (Fsp3) is 0.250. The summed E-state index contributed by atoms with van der Waals surface area (Å²) in [5.41, 5.74) is 1.59. The summed E-state index contributed by atoms with van der Waals surface area (Å²) in [6.45, 7) is 1.73. The van der Waals surface area contributed by atoms with E-state index in [1.54, 1.807) is 18.2 Å². The van der Waals surface area contributed by atoms with Crippen LogP contribution in [0.3, 0.4) is 0 Å². The van der Waals surface area contributed by atoms with E-state index >= 15 is 0 Å².